The van der Waals surface area contributed by atoms with Crippen LogP contribution in [0.15, 0.2) is 0 Å². The summed E-state index contributed by atoms with van der Waals surface area (Å²) < 4.78 is 3.54. The second-order valence-electron chi connectivity index (χ2n) is 8.01. The van der Waals surface area contributed by atoms with E-state index in [1.165, 1.54) is 89.9 Å². The summed E-state index contributed by atoms with van der Waals surface area (Å²) in [5.41, 5.74) is 0. The molecule has 0 aromatic rings. The summed E-state index contributed by atoms with van der Waals surface area (Å²) in [5, 5.41) is 1.02. The lowest BCUT2D eigenvalue weighted by Gasteiger charge is -2.36. The van der Waals surface area contributed by atoms with Crippen LogP contribution in [0.3, 0.4) is 0 Å². The fourth-order valence-corrected chi connectivity index (χ4v) is 6.71. The molecule has 0 bridgehead atoms. The molecule has 1 heterocycles. The third-order valence-corrected chi connectivity index (χ3v) is 8.48. The molecule has 3 aliphatic rings. The average Bonchev–Trinajstić information content (AvgIpc) is 2.56. The molecule has 3 fully saturated rings. The molecule has 6 heteroatoms. The summed E-state index contributed by atoms with van der Waals surface area (Å²) in [6.07, 6.45) is 17.7. The number of carbonyl (C=O) groups excluding carboxylic acids is 2. The molecule has 0 unspecified atom stereocenters. The van der Waals surface area contributed by atoms with E-state index in [-0.39, 0.29) is 24.9 Å². The van der Waals surface area contributed by atoms with Crippen LogP contribution in [0, 0.1) is 0 Å². The Kier molecular flexibility index (Phi) is 8.50. The van der Waals surface area contributed by atoms with Gasteiger partial charge in [0, 0.05) is 10.5 Å². The molecule has 148 valence electrons. The zero-order valence-corrected chi connectivity index (χ0v) is 17.6. The van der Waals surface area contributed by atoms with E-state index in [9.17, 15) is 9.59 Å². The SMILES string of the molecule is O=C1CN(SC2CCCCCCC2)C(=O)CN1SC1CCCCCCC1. The van der Waals surface area contributed by atoms with Crippen LogP contribution in [0.2, 0.25) is 0 Å². The van der Waals surface area contributed by atoms with Crippen molar-refractivity contribution in [3.63, 3.8) is 0 Å². The van der Waals surface area contributed by atoms with Crippen molar-refractivity contribution >= 4 is 35.7 Å². The van der Waals surface area contributed by atoms with Gasteiger partial charge in [0.2, 0.25) is 0 Å². The molecule has 0 atom stereocenters. The molecule has 1 saturated heterocycles. The summed E-state index contributed by atoms with van der Waals surface area (Å²) >= 11 is 3.31. The van der Waals surface area contributed by atoms with Gasteiger partial charge in [-0.15, -0.1) is 0 Å². The second kappa shape index (κ2) is 10.8. The van der Waals surface area contributed by atoms with Crippen molar-refractivity contribution < 1.29 is 9.59 Å². The van der Waals surface area contributed by atoms with Crippen molar-refractivity contribution in [2.75, 3.05) is 13.1 Å². The highest BCUT2D eigenvalue weighted by Crippen LogP contribution is 2.34. The van der Waals surface area contributed by atoms with Gasteiger partial charge in [-0.3, -0.25) is 18.2 Å². The molecule has 0 aromatic heterocycles. The smallest absolute Gasteiger partial charge is 0.253 e. The molecular formula is C20H34N2O2S2. The normalized spacial score (nSPS) is 25.5. The Morgan fingerprint density at radius 3 is 1.19 bits per heavy atom. The molecule has 0 spiro atoms. The first-order valence-electron chi connectivity index (χ1n) is 10.7. The van der Waals surface area contributed by atoms with Crippen molar-refractivity contribution in [3.05, 3.63) is 0 Å². The maximum atomic E-state index is 12.6. The Balaban J connectivity index is 1.48. The van der Waals surface area contributed by atoms with Crippen LogP contribution >= 0.6 is 23.9 Å². The van der Waals surface area contributed by atoms with Crippen molar-refractivity contribution in [1.29, 1.82) is 0 Å². The van der Waals surface area contributed by atoms with Gasteiger partial charge in [-0.2, -0.15) is 0 Å². The maximum Gasteiger partial charge on any atom is 0.253 e. The van der Waals surface area contributed by atoms with Crippen LogP contribution < -0.4 is 0 Å². The fourth-order valence-electron chi connectivity index (χ4n) is 4.18. The number of hydrogen-bond donors (Lipinski definition) is 0. The van der Waals surface area contributed by atoms with Gasteiger partial charge in [-0.1, -0.05) is 64.2 Å². The molecule has 1 aliphatic heterocycles. The van der Waals surface area contributed by atoms with Gasteiger partial charge in [-0.05, 0) is 49.6 Å². The van der Waals surface area contributed by atoms with Gasteiger partial charge < -0.3 is 0 Å². The summed E-state index contributed by atoms with van der Waals surface area (Å²) in [7, 11) is 0. The van der Waals surface area contributed by atoms with E-state index in [2.05, 4.69) is 0 Å². The molecule has 0 radical (unpaired) electrons. The largest absolute Gasteiger partial charge is 0.275 e. The Morgan fingerprint density at radius 1 is 0.538 bits per heavy atom. The molecule has 2 saturated carbocycles. The summed E-state index contributed by atoms with van der Waals surface area (Å²) in [6, 6.07) is 0. The van der Waals surface area contributed by atoms with E-state index >= 15 is 0 Å². The zero-order chi connectivity index (χ0) is 18.2. The molecule has 0 aromatic carbocycles. The van der Waals surface area contributed by atoms with E-state index < -0.39 is 0 Å². The molecule has 2 aliphatic carbocycles. The van der Waals surface area contributed by atoms with Gasteiger partial charge >= 0.3 is 0 Å². The highest BCUT2D eigenvalue weighted by atomic mass is 32.2. The maximum absolute atomic E-state index is 12.6. The number of rotatable bonds is 4. The van der Waals surface area contributed by atoms with Crippen LogP contribution in [0.4, 0.5) is 0 Å². The van der Waals surface area contributed by atoms with E-state index in [1.807, 2.05) is 0 Å². The van der Waals surface area contributed by atoms with Crippen LogP contribution in [-0.2, 0) is 9.59 Å². The number of nitrogens with zero attached hydrogens (tertiary/aromatic N) is 2. The predicted octanol–water partition coefficient (Wildman–Crippen LogP) is 5.18. The third kappa shape index (κ3) is 6.36. The van der Waals surface area contributed by atoms with Gasteiger partial charge in [0.1, 0.15) is 13.1 Å². The Labute approximate surface area is 167 Å². The standard InChI is InChI=1S/C20H34N2O2S2/c23-19-16-22(26-18-13-9-5-2-6-10-14-18)20(24)15-21(19)25-17-11-7-3-1-4-8-12-17/h17-18H,1-16H2. The highest BCUT2D eigenvalue weighted by molar-refractivity contribution is 7.98. The summed E-state index contributed by atoms with van der Waals surface area (Å²) in [6.45, 7) is 0.527. The van der Waals surface area contributed by atoms with Crippen LogP contribution in [0.5, 0.6) is 0 Å². The molecule has 26 heavy (non-hydrogen) atoms. The van der Waals surface area contributed by atoms with Crippen LogP contribution in [-0.4, -0.2) is 44.0 Å². The van der Waals surface area contributed by atoms with Gasteiger partial charge in [0.15, 0.2) is 0 Å². The van der Waals surface area contributed by atoms with Crippen LogP contribution in [0.1, 0.15) is 89.9 Å². The molecular weight excluding hydrogens is 364 g/mol. The number of carbonyl (C=O) groups is 2. The van der Waals surface area contributed by atoms with Crippen molar-refractivity contribution in [2.24, 2.45) is 0 Å². The minimum absolute atomic E-state index is 0.120. The number of amides is 2. The zero-order valence-electron chi connectivity index (χ0n) is 16.0. The monoisotopic (exact) mass is 398 g/mol. The number of hydrogen-bond acceptors (Lipinski definition) is 4. The lowest BCUT2D eigenvalue weighted by atomic mass is 10.0. The lowest BCUT2D eigenvalue weighted by molar-refractivity contribution is -0.140. The molecule has 2 amide bonds. The first kappa shape index (κ1) is 20.4. The second-order valence-corrected chi connectivity index (χ2v) is 10.6. The minimum atomic E-state index is 0.120. The van der Waals surface area contributed by atoms with Crippen molar-refractivity contribution in [3.8, 4) is 0 Å². The Morgan fingerprint density at radius 2 is 0.846 bits per heavy atom. The Bertz CT molecular complexity index is 417. The highest BCUT2D eigenvalue weighted by Gasteiger charge is 2.34. The third-order valence-electron chi connectivity index (χ3n) is 5.77. The first-order valence-corrected chi connectivity index (χ1v) is 12.3. The Hall–Kier alpha value is -0.360. The summed E-state index contributed by atoms with van der Waals surface area (Å²) in [5.74, 6) is 0.241. The van der Waals surface area contributed by atoms with Gasteiger partial charge in [-0.25, -0.2) is 0 Å². The fraction of sp³-hybridized carbons (Fsp3) is 0.900. The quantitative estimate of drug-likeness (QED) is 0.612. The van der Waals surface area contributed by atoms with Gasteiger partial charge in [0.25, 0.3) is 11.8 Å². The predicted molar refractivity (Wildman–Crippen MR) is 111 cm³/mol. The average molecular weight is 399 g/mol. The van der Waals surface area contributed by atoms with E-state index in [1.54, 1.807) is 32.5 Å². The van der Waals surface area contributed by atoms with E-state index in [4.69, 9.17) is 0 Å². The summed E-state index contributed by atoms with van der Waals surface area (Å²) in [4.78, 5) is 25.3. The molecule has 3 rings (SSSR count). The van der Waals surface area contributed by atoms with Crippen molar-refractivity contribution in [1.82, 2.24) is 8.61 Å². The van der Waals surface area contributed by atoms with Crippen molar-refractivity contribution in [2.45, 2.75) is 100 Å². The lowest BCUT2D eigenvalue weighted by Crippen LogP contribution is -2.49. The van der Waals surface area contributed by atoms with Crippen LogP contribution in [0.25, 0.3) is 0 Å². The topological polar surface area (TPSA) is 40.6 Å². The first-order chi connectivity index (χ1) is 12.7. The number of piperazine rings is 1. The molecule has 0 N–H and O–H groups in total. The minimum Gasteiger partial charge on any atom is -0.275 e. The van der Waals surface area contributed by atoms with Gasteiger partial charge in [0.05, 0.1) is 0 Å². The van der Waals surface area contributed by atoms with E-state index in [0.717, 1.165) is 0 Å². The van der Waals surface area contributed by atoms with E-state index in [0.29, 0.717) is 10.5 Å². The molecule has 4 nitrogen and oxygen atoms in total.